The highest BCUT2D eigenvalue weighted by atomic mass is 32.2. The highest BCUT2D eigenvalue weighted by Gasteiger charge is 2.19. The van der Waals surface area contributed by atoms with Crippen molar-refractivity contribution in [2.75, 3.05) is 23.5 Å². The van der Waals surface area contributed by atoms with Crippen LogP contribution in [0.4, 0.5) is 17.5 Å². The Morgan fingerprint density at radius 2 is 1.82 bits per heavy atom. The zero-order chi connectivity index (χ0) is 24.3. The molecule has 9 nitrogen and oxygen atoms in total. The average molecular weight is 480 g/mol. The van der Waals surface area contributed by atoms with E-state index in [4.69, 9.17) is 4.42 Å². The van der Waals surface area contributed by atoms with Gasteiger partial charge in [-0.25, -0.2) is 18.4 Å². The number of nitrogens with one attached hydrogen (secondary N) is 2. The molecule has 34 heavy (non-hydrogen) atoms. The van der Waals surface area contributed by atoms with Crippen molar-refractivity contribution < 1.29 is 17.9 Å². The Balaban J connectivity index is 1.69. The maximum atomic E-state index is 11.9. The van der Waals surface area contributed by atoms with Crippen LogP contribution in [0.1, 0.15) is 22.9 Å². The van der Waals surface area contributed by atoms with Gasteiger partial charge in [-0.2, -0.15) is 4.98 Å². The Morgan fingerprint density at radius 3 is 2.44 bits per heavy atom. The fourth-order valence-corrected chi connectivity index (χ4v) is 4.50. The molecule has 0 radical (unpaired) electrons. The van der Waals surface area contributed by atoms with Crippen LogP contribution in [0.2, 0.25) is 0 Å². The molecule has 0 amide bonds. The van der Waals surface area contributed by atoms with E-state index in [0.29, 0.717) is 34.3 Å². The Kier molecular flexibility index (Phi) is 6.62. The van der Waals surface area contributed by atoms with Gasteiger partial charge in [-0.15, -0.1) is 0 Å². The third kappa shape index (κ3) is 5.24. The lowest BCUT2D eigenvalue weighted by Crippen LogP contribution is -2.17. The average Bonchev–Trinajstić information content (AvgIpc) is 3.23. The van der Waals surface area contributed by atoms with Crippen molar-refractivity contribution in [3.05, 3.63) is 77.8 Å². The van der Waals surface area contributed by atoms with E-state index >= 15 is 0 Å². The highest BCUT2D eigenvalue weighted by Crippen LogP contribution is 2.30. The lowest BCUT2D eigenvalue weighted by molar-refractivity contribution is 0.276. The standard InChI is InChI=1S/C24H25N5O4S/c1-15-11-18(9-10-21(15)34(3,31)32)27-24-26-13-19(23-25-12-16(2)33-23)22(29-24)28-20(14-30)17-7-5-4-6-8-17/h4-13,20,30H,14H2,1-3H3,(H2,26,27,28,29)/t20-/m1/s1. The van der Waals surface area contributed by atoms with Gasteiger partial charge >= 0.3 is 0 Å². The van der Waals surface area contributed by atoms with Gasteiger partial charge in [0.25, 0.3) is 0 Å². The maximum Gasteiger partial charge on any atom is 0.231 e. The molecule has 0 saturated carbocycles. The second-order valence-electron chi connectivity index (χ2n) is 7.90. The van der Waals surface area contributed by atoms with Crippen LogP contribution in [-0.2, 0) is 9.84 Å². The van der Waals surface area contributed by atoms with Crippen LogP contribution in [0.3, 0.4) is 0 Å². The quantitative estimate of drug-likeness (QED) is 0.343. The fourth-order valence-electron chi connectivity index (χ4n) is 3.54. The molecule has 0 fully saturated rings. The smallest absolute Gasteiger partial charge is 0.231 e. The summed E-state index contributed by atoms with van der Waals surface area (Å²) in [5, 5.41) is 16.4. The van der Waals surface area contributed by atoms with E-state index in [1.165, 1.54) is 6.26 Å². The third-order valence-electron chi connectivity index (χ3n) is 5.17. The number of rotatable bonds is 8. The second-order valence-corrected chi connectivity index (χ2v) is 9.88. The number of oxazole rings is 1. The molecule has 3 N–H and O–H groups in total. The maximum absolute atomic E-state index is 11.9. The monoisotopic (exact) mass is 479 g/mol. The van der Waals surface area contributed by atoms with E-state index in [0.717, 1.165) is 5.56 Å². The van der Waals surface area contributed by atoms with Crippen LogP contribution in [0.5, 0.6) is 0 Å². The molecule has 0 aliphatic rings. The van der Waals surface area contributed by atoms with Crippen molar-refractivity contribution in [3.63, 3.8) is 0 Å². The van der Waals surface area contributed by atoms with Crippen LogP contribution in [0.25, 0.3) is 11.5 Å². The normalized spacial score (nSPS) is 12.4. The van der Waals surface area contributed by atoms with E-state index in [1.54, 1.807) is 44.4 Å². The van der Waals surface area contributed by atoms with Gasteiger partial charge in [0.05, 0.1) is 29.3 Å². The molecule has 0 unspecified atom stereocenters. The van der Waals surface area contributed by atoms with Crippen LogP contribution in [0.15, 0.2) is 70.2 Å². The Hall–Kier alpha value is -3.76. The summed E-state index contributed by atoms with van der Waals surface area (Å²) >= 11 is 0. The Morgan fingerprint density at radius 1 is 1.06 bits per heavy atom. The molecule has 2 aromatic carbocycles. The summed E-state index contributed by atoms with van der Waals surface area (Å²) in [5.74, 6) is 1.70. The van der Waals surface area contributed by atoms with Crippen LogP contribution in [0, 0.1) is 13.8 Å². The van der Waals surface area contributed by atoms with Crippen LogP contribution < -0.4 is 10.6 Å². The van der Waals surface area contributed by atoms with Crippen LogP contribution >= 0.6 is 0 Å². The van der Waals surface area contributed by atoms with Crippen molar-refractivity contribution in [1.82, 2.24) is 15.0 Å². The lowest BCUT2D eigenvalue weighted by Gasteiger charge is -2.19. The predicted molar refractivity (Wildman–Crippen MR) is 130 cm³/mol. The number of hydrogen-bond acceptors (Lipinski definition) is 9. The van der Waals surface area contributed by atoms with Gasteiger partial charge in [-0.3, -0.25) is 0 Å². The van der Waals surface area contributed by atoms with Gasteiger partial charge < -0.3 is 20.2 Å². The number of benzene rings is 2. The molecule has 4 aromatic rings. The number of aliphatic hydroxyl groups is 1. The molecule has 1 atom stereocenters. The summed E-state index contributed by atoms with van der Waals surface area (Å²) in [5.41, 5.74) is 2.68. The molecule has 0 bridgehead atoms. The SMILES string of the molecule is Cc1cnc(-c2cnc(Nc3ccc(S(C)(=O)=O)c(C)c3)nc2N[C@H](CO)c2ccccc2)o1. The first-order chi connectivity index (χ1) is 16.2. The van der Waals surface area contributed by atoms with Gasteiger partial charge in [0, 0.05) is 18.1 Å². The van der Waals surface area contributed by atoms with Gasteiger partial charge in [-0.05, 0) is 43.2 Å². The van der Waals surface area contributed by atoms with E-state index < -0.39 is 15.9 Å². The number of aryl methyl sites for hydroxylation is 2. The molecule has 10 heteroatoms. The first kappa shape index (κ1) is 23.4. The molecular weight excluding hydrogens is 454 g/mol. The first-order valence-electron chi connectivity index (χ1n) is 10.5. The fraction of sp³-hybridized carbons (Fsp3) is 0.208. The number of nitrogens with zero attached hydrogens (tertiary/aromatic N) is 3. The van der Waals surface area contributed by atoms with E-state index in [-0.39, 0.29) is 17.5 Å². The molecule has 0 aliphatic heterocycles. The number of sulfone groups is 1. The summed E-state index contributed by atoms with van der Waals surface area (Å²) in [4.78, 5) is 13.5. The van der Waals surface area contributed by atoms with Gasteiger partial charge in [0.2, 0.25) is 11.8 Å². The van der Waals surface area contributed by atoms with Crippen molar-refractivity contribution in [1.29, 1.82) is 0 Å². The molecule has 176 valence electrons. The Labute approximate surface area is 197 Å². The Bertz CT molecular complexity index is 1400. The second kappa shape index (κ2) is 9.62. The number of anilines is 3. The molecule has 0 saturated heterocycles. The minimum absolute atomic E-state index is 0.160. The van der Waals surface area contributed by atoms with E-state index in [9.17, 15) is 13.5 Å². The molecule has 0 aliphatic carbocycles. The third-order valence-corrected chi connectivity index (χ3v) is 6.42. The zero-order valence-corrected chi connectivity index (χ0v) is 19.8. The molecule has 4 rings (SSSR count). The summed E-state index contributed by atoms with van der Waals surface area (Å²) in [6, 6.07) is 14.0. The minimum atomic E-state index is -3.32. The van der Waals surface area contributed by atoms with Gasteiger partial charge in [-0.1, -0.05) is 30.3 Å². The number of aromatic nitrogens is 3. The summed E-state index contributed by atoms with van der Waals surface area (Å²) in [6.07, 6.45) is 4.37. The van der Waals surface area contributed by atoms with Crippen LogP contribution in [-0.4, -0.2) is 41.3 Å². The van der Waals surface area contributed by atoms with Crippen molar-refractivity contribution in [2.45, 2.75) is 24.8 Å². The summed E-state index contributed by atoms with van der Waals surface area (Å²) in [7, 11) is -3.32. The van der Waals surface area contributed by atoms with Gasteiger partial charge in [0.15, 0.2) is 9.84 Å². The van der Waals surface area contributed by atoms with Crippen molar-refractivity contribution in [2.24, 2.45) is 0 Å². The number of hydrogen-bond donors (Lipinski definition) is 3. The molecule has 0 spiro atoms. The minimum Gasteiger partial charge on any atom is -0.441 e. The first-order valence-corrected chi connectivity index (χ1v) is 12.4. The van der Waals surface area contributed by atoms with Crippen molar-refractivity contribution >= 4 is 27.3 Å². The van der Waals surface area contributed by atoms with E-state index in [2.05, 4.69) is 25.6 Å². The molecular formula is C24H25N5O4S. The topological polar surface area (TPSA) is 130 Å². The zero-order valence-electron chi connectivity index (χ0n) is 19.0. The summed E-state index contributed by atoms with van der Waals surface area (Å²) < 4.78 is 29.5. The van der Waals surface area contributed by atoms with Gasteiger partial charge in [0.1, 0.15) is 11.6 Å². The van der Waals surface area contributed by atoms with E-state index in [1.807, 2.05) is 30.3 Å². The number of aliphatic hydroxyl groups excluding tert-OH is 1. The van der Waals surface area contributed by atoms with Crippen molar-refractivity contribution in [3.8, 4) is 11.5 Å². The highest BCUT2D eigenvalue weighted by molar-refractivity contribution is 7.90. The lowest BCUT2D eigenvalue weighted by atomic mass is 10.1. The summed E-state index contributed by atoms with van der Waals surface area (Å²) in [6.45, 7) is 3.37. The predicted octanol–water partition coefficient (Wildman–Crippen LogP) is 4.04. The molecule has 2 aromatic heterocycles. The molecule has 2 heterocycles. The largest absolute Gasteiger partial charge is 0.441 e.